The molecule has 1 aliphatic rings. The summed E-state index contributed by atoms with van der Waals surface area (Å²) in [5.74, 6) is -0.206. The highest BCUT2D eigenvalue weighted by molar-refractivity contribution is 6.33. The molecule has 124 valence electrons. The Labute approximate surface area is 143 Å². The van der Waals surface area contributed by atoms with E-state index in [4.69, 9.17) is 11.6 Å². The second-order valence-electron chi connectivity index (χ2n) is 6.45. The van der Waals surface area contributed by atoms with Crippen LogP contribution in [0.5, 0.6) is 0 Å². The number of nitrogens with zero attached hydrogens (tertiary/aromatic N) is 2. The summed E-state index contributed by atoms with van der Waals surface area (Å²) in [7, 11) is 0. The topological polar surface area (TPSA) is 44.7 Å². The number of carbonyl (C=O) groups excluding carboxylic acids is 1. The van der Waals surface area contributed by atoms with Gasteiger partial charge in [0, 0.05) is 30.3 Å². The van der Waals surface area contributed by atoms with Crippen LogP contribution in [0.4, 0.5) is 5.69 Å². The summed E-state index contributed by atoms with van der Waals surface area (Å²) in [6.45, 7) is 11.1. The Morgan fingerprint density at radius 2 is 2.13 bits per heavy atom. The van der Waals surface area contributed by atoms with Crippen molar-refractivity contribution in [3.8, 4) is 0 Å². The maximum absolute atomic E-state index is 10.9. The van der Waals surface area contributed by atoms with Crippen LogP contribution in [0.1, 0.15) is 52.2 Å². The minimum absolute atomic E-state index is 0.0395. The molecule has 0 aromatic heterocycles. The van der Waals surface area contributed by atoms with Gasteiger partial charge in [-0.3, -0.25) is 4.79 Å². The third-order valence-corrected chi connectivity index (χ3v) is 4.30. The fourth-order valence-electron chi connectivity index (χ4n) is 3.04. The summed E-state index contributed by atoms with van der Waals surface area (Å²) in [6.07, 6.45) is 4.94. The second-order valence-corrected chi connectivity index (χ2v) is 6.86. The Bertz CT molecular complexity index is 677. The zero-order chi connectivity index (χ0) is 17.2. The molecule has 0 atom stereocenters. The molecule has 0 fully saturated rings. The van der Waals surface area contributed by atoms with E-state index in [9.17, 15) is 4.79 Å². The molecule has 0 unspecified atom stereocenters. The first-order chi connectivity index (χ1) is 10.8. The number of halogens is 1. The van der Waals surface area contributed by atoms with Gasteiger partial charge in [0.2, 0.25) is 5.91 Å². The lowest BCUT2D eigenvalue weighted by molar-refractivity contribution is -0.118. The molecule has 1 aromatic carbocycles. The van der Waals surface area contributed by atoms with E-state index < -0.39 is 0 Å². The summed E-state index contributed by atoms with van der Waals surface area (Å²) in [5, 5.41) is 4.55. The Morgan fingerprint density at radius 1 is 1.43 bits per heavy atom. The molecule has 1 aromatic rings. The van der Waals surface area contributed by atoms with E-state index in [0.29, 0.717) is 5.02 Å². The summed E-state index contributed by atoms with van der Waals surface area (Å²) >= 11 is 6.43. The fourth-order valence-corrected chi connectivity index (χ4v) is 3.25. The standard InChI is InChI=1S/C18H24ClN3O/c1-6-7-22-17-9-16(19)14(11-20-21-13(3)23)8-15(17)12(2)10-18(22,4)5/h8-11H,6-7H2,1-5H3,(H,21,23)/b20-11-. The number of allylic oxidation sites excluding steroid dienone is 1. The lowest BCUT2D eigenvalue weighted by atomic mass is 9.88. The molecule has 1 amide bonds. The monoisotopic (exact) mass is 333 g/mol. The van der Waals surface area contributed by atoms with E-state index in [2.05, 4.69) is 49.2 Å². The number of carbonyl (C=O) groups is 1. The van der Waals surface area contributed by atoms with E-state index >= 15 is 0 Å². The van der Waals surface area contributed by atoms with Crippen LogP contribution in [0.2, 0.25) is 5.02 Å². The van der Waals surface area contributed by atoms with Crippen molar-refractivity contribution in [1.82, 2.24) is 5.43 Å². The molecule has 5 heteroatoms. The van der Waals surface area contributed by atoms with E-state index in [1.165, 1.54) is 12.5 Å². The highest BCUT2D eigenvalue weighted by Crippen LogP contribution is 2.41. The number of rotatable bonds is 4. The van der Waals surface area contributed by atoms with Gasteiger partial charge in [-0.15, -0.1) is 0 Å². The lowest BCUT2D eigenvalue weighted by Crippen LogP contribution is -2.45. The van der Waals surface area contributed by atoms with Crippen LogP contribution in [-0.4, -0.2) is 24.2 Å². The van der Waals surface area contributed by atoms with Gasteiger partial charge in [-0.1, -0.05) is 24.6 Å². The van der Waals surface area contributed by atoms with Gasteiger partial charge in [0.25, 0.3) is 0 Å². The van der Waals surface area contributed by atoms with Crippen LogP contribution >= 0.6 is 11.6 Å². The summed E-state index contributed by atoms with van der Waals surface area (Å²) < 4.78 is 0. The van der Waals surface area contributed by atoms with E-state index in [1.807, 2.05) is 12.1 Å². The average Bonchev–Trinajstić information content (AvgIpc) is 2.43. The quantitative estimate of drug-likeness (QED) is 0.662. The number of fused-ring (bicyclic) bond motifs is 1. The Hall–Kier alpha value is -1.81. The van der Waals surface area contributed by atoms with Crippen molar-refractivity contribution < 1.29 is 4.79 Å². The van der Waals surface area contributed by atoms with Crippen molar-refractivity contribution >= 4 is 35.0 Å². The molecule has 1 N–H and O–H groups in total. The van der Waals surface area contributed by atoms with Gasteiger partial charge in [0.15, 0.2) is 0 Å². The number of hydrogen-bond acceptors (Lipinski definition) is 3. The van der Waals surface area contributed by atoms with Gasteiger partial charge in [0.1, 0.15) is 0 Å². The van der Waals surface area contributed by atoms with Crippen molar-refractivity contribution in [3.05, 3.63) is 34.4 Å². The molecule has 1 aliphatic heterocycles. The van der Waals surface area contributed by atoms with Crippen LogP contribution in [0.25, 0.3) is 5.57 Å². The highest BCUT2D eigenvalue weighted by Gasteiger charge is 2.31. The molecule has 0 aliphatic carbocycles. The minimum atomic E-state index is -0.206. The smallest absolute Gasteiger partial charge is 0.236 e. The Kier molecular flexibility index (Phi) is 5.15. The van der Waals surface area contributed by atoms with Crippen molar-refractivity contribution in [2.75, 3.05) is 11.4 Å². The van der Waals surface area contributed by atoms with Gasteiger partial charge in [0.05, 0.1) is 16.8 Å². The normalized spacial score (nSPS) is 16.3. The predicted molar refractivity (Wildman–Crippen MR) is 98.2 cm³/mol. The predicted octanol–water partition coefficient (Wildman–Crippen LogP) is 4.22. The molecule has 0 saturated carbocycles. The highest BCUT2D eigenvalue weighted by atomic mass is 35.5. The Morgan fingerprint density at radius 3 is 2.74 bits per heavy atom. The van der Waals surface area contributed by atoms with Crippen molar-refractivity contribution in [1.29, 1.82) is 0 Å². The van der Waals surface area contributed by atoms with Gasteiger partial charge >= 0.3 is 0 Å². The number of amides is 1. The van der Waals surface area contributed by atoms with Crippen LogP contribution in [0.15, 0.2) is 23.3 Å². The molecule has 0 radical (unpaired) electrons. The molecule has 0 bridgehead atoms. The first-order valence-electron chi connectivity index (χ1n) is 7.87. The van der Waals surface area contributed by atoms with Crippen molar-refractivity contribution in [2.45, 2.75) is 46.6 Å². The molecular formula is C18H24ClN3O. The van der Waals surface area contributed by atoms with E-state index in [-0.39, 0.29) is 11.4 Å². The molecule has 2 rings (SSSR count). The summed E-state index contributed by atoms with van der Waals surface area (Å²) in [5.41, 5.74) is 6.69. The van der Waals surface area contributed by atoms with Gasteiger partial charge < -0.3 is 4.90 Å². The van der Waals surface area contributed by atoms with Gasteiger partial charge in [-0.25, -0.2) is 5.43 Å². The third-order valence-electron chi connectivity index (χ3n) is 3.97. The fraction of sp³-hybridized carbons (Fsp3) is 0.444. The summed E-state index contributed by atoms with van der Waals surface area (Å²) in [4.78, 5) is 13.3. The third kappa shape index (κ3) is 3.75. The second kappa shape index (κ2) is 6.75. The molecule has 4 nitrogen and oxygen atoms in total. The van der Waals surface area contributed by atoms with Gasteiger partial charge in [-0.2, -0.15) is 5.10 Å². The number of hydrogen-bond donors (Lipinski definition) is 1. The van der Waals surface area contributed by atoms with Crippen LogP contribution in [-0.2, 0) is 4.79 Å². The van der Waals surface area contributed by atoms with Crippen molar-refractivity contribution in [3.63, 3.8) is 0 Å². The molecular weight excluding hydrogens is 310 g/mol. The Balaban J connectivity index is 2.48. The summed E-state index contributed by atoms with van der Waals surface area (Å²) in [6, 6.07) is 4.03. The minimum Gasteiger partial charge on any atom is -0.362 e. The number of nitrogens with one attached hydrogen (secondary N) is 1. The SMILES string of the molecule is CCCN1c2cc(Cl)c(/C=N\NC(C)=O)cc2C(C)=CC1(C)C. The zero-order valence-corrected chi connectivity index (χ0v) is 15.2. The van der Waals surface area contributed by atoms with E-state index in [0.717, 1.165) is 29.8 Å². The first kappa shape index (κ1) is 17.5. The van der Waals surface area contributed by atoms with Gasteiger partial charge in [-0.05, 0) is 44.9 Å². The molecule has 1 heterocycles. The average molecular weight is 334 g/mol. The van der Waals surface area contributed by atoms with Crippen LogP contribution in [0, 0.1) is 0 Å². The first-order valence-corrected chi connectivity index (χ1v) is 8.24. The maximum atomic E-state index is 10.9. The lowest BCUT2D eigenvalue weighted by Gasteiger charge is -2.43. The van der Waals surface area contributed by atoms with Crippen LogP contribution in [0.3, 0.4) is 0 Å². The number of benzene rings is 1. The molecule has 23 heavy (non-hydrogen) atoms. The molecule has 0 saturated heterocycles. The zero-order valence-electron chi connectivity index (χ0n) is 14.4. The van der Waals surface area contributed by atoms with Crippen molar-refractivity contribution in [2.24, 2.45) is 5.10 Å². The van der Waals surface area contributed by atoms with E-state index in [1.54, 1.807) is 6.21 Å². The largest absolute Gasteiger partial charge is 0.362 e. The maximum Gasteiger partial charge on any atom is 0.236 e. The number of hydrazone groups is 1. The molecule has 0 spiro atoms. The number of anilines is 1. The van der Waals surface area contributed by atoms with Crippen LogP contribution < -0.4 is 10.3 Å².